The number of carbonyl (C=O) groups is 1. The monoisotopic (exact) mass is 498 g/mol. The SMILES string of the molecule is CCC[C@@H](CCO)Nc1nc(OC(N)=O)nc2cnn(Cc3cnc(C4CCNCC4)cc3OC)c12. The highest BCUT2D eigenvalue weighted by Gasteiger charge is 2.21. The van der Waals surface area contributed by atoms with Crippen LogP contribution >= 0.6 is 0 Å². The molecule has 1 atom stereocenters. The Kier molecular flexibility index (Phi) is 8.49. The van der Waals surface area contributed by atoms with Crippen molar-refractivity contribution in [1.29, 1.82) is 0 Å². The number of methoxy groups -OCH3 is 1. The van der Waals surface area contributed by atoms with E-state index in [0.29, 0.717) is 35.7 Å². The first-order valence-corrected chi connectivity index (χ1v) is 12.3. The van der Waals surface area contributed by atoms with Gasteiger partial charge in [-0.1, -0.05) is 13.3 Å². The van der Waals surface area contributed by atoms with Crippen LogP contribution in [0.3, 0.4) is 0 Å². The van der Waals surface area contributed by atoms with E-state index < -0.39 is 6.09 Å². The molecule has 1 fully saturated rings. The number of hydrogen-bond donors (Lipinski definition) is 4. The number of amides is 1. The van der Waals surface area contributed by atoms with Gasteiger partial charge >= 0.3 is 12.1 Å². The predicted octanol–water partition coefficient (Wildman–Crippen LogP) is 2.17. The molecule has 4 heterocycles. The Morgan fingerprint density at radius 1 is 1.31 bits per heavy atom. The Bertz CT molecular complexity index is 1170. The molecular weight excluding hydrogens is 464 g/mol. The highest BCUT2D eigenvalue weighted by atomic mass is 16.6. The summed E-state index contributed by atoms with van der Waals surface area (Å²) < 4.78 is 12.4. The largest absolute Gasteiger partial charge is 0.496 e. The van der Waals surface area contributed by atoms with Crippen LogP contribution in [0.25, 0.3) is 11.0 Å². The van der Waals surface area contributed by atoms with Gasteiger partial charge in [-0.3, -0.25) is 9.67 Å². The summed E-state index contributed by atoms with van der Waals surface area (Å²) in [4.78, 5) is 24.8. The molecule has 1 aliphatic heterocycles. The number of rotatable bonds is 11. The minimum Gasteiger partial charge on any atom is -0.496 e. The second-order valence-electron chi connectivity index (χ2n) is 8.90. The summed E-state index contributed by atoms with van der Waals surface area (Å²) in [5.41, 5.74) is 8.20. The third-order valence-corrected chi connectivity index (χ3v) is 6.38. The molecule has 36 heavy (non-hydrogen) atoms. The van der Waals surface area contributed by atoms with Crippen molar-refractivity contribution < 1.29 is 19.4 Å². The van der Waals surface area contributed by atoms with E-state index in [4.69, 9.17) is 20.2 Å². The maximum Gasteiger partial charge on any atom is 0.412 e. The fourth-order valence-corrected chi connectivity index (χ4v) is 4.61. The molecular formula is C24H34N8O4. The lowest BCUT2D eigenvalue weighted by atomic mass is 9.93. The van der Waals surface area contributed by atoms with E-state index in [9.17, 15) is 9.90 Å². The van der Waals surface area contributed by atoms with Crippen LogP contribution in [0.4, 0.5) is 10.6 Å². The highest BCUT2D eigenvalue weighted by molar-refractivity contribution is 5.86. The van der Waals surface area contributed by atoms with Gasteiger partial charge in [0.1, 0.15) is 16.8 Å². The first-order chi connectivity index (χ1) is 17.5. The number of primary amides is 1. The molecule has 3 aromatic heterocycles. The Morgan fingerprint density at radius 3 is 2.81 bits per heavy atom. The number of piperidine rings is 1. The van der Waals surface area contributed by atoms with Gasteiger partial charge in [0.15, 0.2) is 5.82 Å². The number of aromatic nitrogens is 5. The van der Waals surface area contributed by atoms with E-state index in [1.807, 2.05) is 12.3 Å². The number of carbonyl (C=O) groups excluding carboxylic acids is 1. The molecule has 0 unspecified atom stereocenters. The van der Waals surface area contributed by atoms with Crippen molar-refractivity contribution in [3.63, 3.8) is 0 Å². The lowest BCUT2D eigenvalue weighted by Gasteiger charge is -2.23. The zero-order valence-corrected chi connectivity index (χ0v) is 20.7. The number of anilines is 1. The summed E-state index contributed by atoms with van der Waals surface area (Å²) in [5.74, 6) is 1.60. The summed E-state index contributed by atoms with van der Waals surface area (Å²) in [7, 11) is 1.65. The van der Waals surface area contributed by atoms with E-state index in [-0.39, 0.29) is 18.7 Å². The van der Waals surface area contributed by atoms with Gasteiger partial charge in [-0.05, 0) is 38.8 Å². The van der Waals surface area contributed by atoms with Crippen molar-refractivity contribution >= 4 is 22.9 Å². The highest BCUT2D eigenvalue weighted by Crippen LogP contribution is 2.30. The molecule has 0 bridgehead atoms. The molecule has 1 saturated heterocycles. The van der Waals surface area contributed by atoms with Crippen LogP contribution in [0.1, 0.15) is 56.2 Å². The number of pyridine rings is 1. The molecule has 194 valence electrons. The lowest BCUT2D eigenvalue weighted by Crippen LogP contribution is -2.27. The second kappa shape index (κ2) is 12.0. The zero-order chi connectivity index (χ0) is 25.5. The molecule has 12 heteroatoms. The van der Waals surface area contributed by atoms with Crippen molar-refractivity contribution in [2.75, 3.05) is 32.1 Å². The molecule has 12 nitrogen and oxygen atoms in total. The summed E-state index contributed by atoms with van der Waals surface area (Å²) in [5, 5.41) is 20.8. The summed E-state index contributed by atoms with van der Waals surface area (Å²) >= 11 is 0. The van der Waals surface area contributed by atoms with Crippen molar-refractivity contribution in [3.05, 3.63) is 29.7 Å². The minimum atomic E-state index is -1.00. The van der Waals surface area contributed by atoms with Gasteiger partial charge in [0, 0.05) is 42.1 Å². The van der Waals surface area contributed by atoms with Gasteiger partial charge in [0.25, 0.3) is 0 Å². The zero-order valence-electron chi connectivity index (χ0n) is 20.7. The summed E-state index contributed by atoms with van der Waals surface area (Å²) in [6.45, 7) is 4.45. The molecule has 0 spiro atoms. The van der Waals surface area contributed by atoms with Gasteiger partial charge in [0.2, 0.25) is 0 Å². The Hall–Kier alpha value is -3.51. The molecule has 0 aromatic carbocycles. The van der Waals surface area contributed by atoms with Crippen molar-refractivity contribution in [2.45, 2.75) is 57.5 Å². The van der Waals surface area contributed by atoms with Crippen molar-refractivity contribution in [2.24, 2.45) is 5.73 Å². The molecule has 1 aliphatic rings. The quantitative estimate of drug-likeness (QED) is 0.308. The number of fused-ring (bicyclic) bond motifs is 1. The van der Waals surface area contributed by atoms with Gasteiger partial charge in [-0.25, -0.2) is 4.79 Å². The van der Waals surface area contributed by atoms with Gasteiger partial charge in [0.05, 0.1) is 19.9 Å². The van der Waals surface area contributed by atoms with Crippen molar-refractivity contribution in [1.82, 2.24) is 30.0 Å². The van der Waals surface area contributed by atoms with E-state index in [1.165, 1.54) is 0 Å². The van der Waals surface area contributed by atoms with E-state index >= 15 is 0 Å². The fraction of sp³-hybridized carbons (Fsp3) is 0.542. The Balaban J connectivity index is 1.69. The van der Waals surface area contributed by atoms with Crippen LogP contribution < -0.4 is 25.8 Å². The number of aliphatic hydroxyl groups is 1. The van der Waals surface area contributed by atoms with Crippen LogP contribution in [0.5, 0.6) is 11.8 Å². The van der Waals surface area contributed by atoms with Crippen LogP contribution in [-0.2, 0) is 6.54 Å². The van der Waals surface area contributed by atoms with Crippen molar-refractivity contribution in [3.8, 4) is 11.8 Å². The third kappa shape index (κ3) is 6.00. The maximum atomic E-state index is 11.3. The molecule has 1 amide bonds. The smallest absolute Gasteiger partial charge is 0.412 e. The van der Waals surface area contributed by atoms with Crippen LogP contribution in [0.2, 0.25) is 0 Å². The standard InChI is InChI=1S/C24H34N8O4/c1-3-4-17(7-10-33)29-22-21-19(30-24(31-22)36-23(25)34)13-28-32(21)14-16-12-27-18(11-20(16)35-2)15-5-8-26-9-6-15/h11-13,15,17,26,33H,3-10,14H2,1-2H3,(H2,25,34)(H,29,30,31)/t17-/m0/s1. The average Bonchev–Trinajstić information content (AvgIpc) is 3.27. The number of ether oxygens (including phenoxy) is 2. The molecule has 5 N–H and O–H groups in total. The fourth-order valence-electron chi connectivity index (χ4n) is 4.61. The molecule has 3 aromatic rings. The normalized spacial score (nSPS) is 15.1. The third-order valence-electron chi connectivity index (χ3n) is 6.38. The van der Waals surface area contributed by atoms with Crippen LogP contribution in [0, 0.1) is 0 Å². The lowest BCUT2D eigenvalue weighted by molar-refractivity contribution is 0.207. The van der Waals surface area contributed by atoms with Crippen LogP contribution in [0.15, 0.2) is 18.5 Å². The van der Waals surface area contributed by atoms with E-state index in [1.54, 1.807) is 18.0 Å². The summed E-state index contributed by atoms with van der Waals surface area (Å²) in [6, 6.07) is 1.81. The Morgan fingerprint density at radius 2 is 2.11 bits per heavy atom. The van der Waals surface area contributed by atoms with Gasteiger partial charge in [-0.2, -0.15) is 15.1 Å². The molecule has 0 aliphatic carbocycles. The number of aliphatic hydroxyl groups excluding tert-OH is 1. The Labute approximate surface area is 209 Å². The minimum absolute atomic E-state index is 0.0298. The topological polar surface area (TPSA) is 162 Å². The molecule has 4 rings (SSSR count). The number of hydrogen-bond acceptors (Lipinski definition) is 10. The average molecular weight is 499 g/mol. The van der Waals surface area contributed by atoms with Gasteiger partial charge < -0.3 is 30.9 Å². The first kappa shape index (κ1) is 25.6. The number of nitrogens with two attached hydrogens (primary N) is 1. The number of nitrogens with zero attached hydrogens (tertiary/aromatic N) is 5. The molecule has 0 radical (unpaired) electrons. The predicted molar refractivity (Wildman–Crippen MR) is 134 cm³/mol. The van der Waals surface area contributed by atoms with E-state index in [2.05, 4.69) is 32.6 Å². The van der Waals surface area contributed by atoms with E-state index in [0.717, 1.165) is 55.8 Å². The van der Waals surface area contributed by atoms with Crippen LogP contribution in [-0.4, -0.2) is 68.8 Å². The summed E-state index contributed by atoms with van der Waals surface area (Å²) in [6.07, 6.45) is 6.80. The number of nitrogens with one attached hydrogen (secondary N) is 2. The first-order valence-electron chi connectivity index (χ1n) is 12.3. The maximum absolute atomic E-state index is 11.3. The van der Waals surface area contributed by atoms with Gasteiger partial charge in [-0.15, -0.1) is 0 Å². The second-order valence-corrected chi connectivity index (χ2v) is 8.90. The molecule has 0 saturated carbocycles.